The number of hydrogen-bond acceptors (Lipinski definition) is 5. The number of fused-ring (bicyclic) bond motifs is 1. The Balaban J connectivity index is 1.58. The van der Waals surface area contributed by atoms with Crippen molar-refractivity contribution in [3.8, 4) is 23.3 Å². The van der Waals surface area contributed by atoms with Crippen molar-refractivity contribution in [1.82, 2.24) is 0 Å². The summed E-state index contributed by atoms with van der Waals surface area (Å²) in [4.78, 5) is 1.07. The second-order valence-corrected chi connectivity index (χ2v) is 5.40. The maximum absolute atomic E-state index is 8.73. The number of thiophene rings is 1. The third kappa shape index (κ3) is 3.37. The summed E-state index contributed by atoms with van der Waals surface area (Å²) in [5.41, 5.74) is 1.96. The molecule has 1 N–H and O–H groups in total. The molecular formula is C16H14O4S. The molecule has 0 unspecified atom stereocenters. The van der Waals surface area contributed by atoms with Crippen LogP contribution in [-0.4, -0.2) is 18.5 Å². The van der Waals surface area contributed by atoms with Gasteiger partial charge >= 0.3 is 0 Å². The zero-order valence-electron chi connectivity index (χ0n) is 11.3. The average Bonchev–Trinajstić information content (AvgIpc) is 3.13. The normalized spacial score (nSPS) is 12.0. The molecule has 2 heterocycles. The molecule has 0 radical (unpaired) electrons. The van der Waals surface area contributed by atoms with Crippen molar-refractivity contribution in [2.45, 2.75) is 13.2 Å². The van der Waals surface area contributed by atoms with Crippen molar-refractivity contribution < 1.29 is 19.3 Å². The van der Waals surface area contributed by atoms with E-state index in [0.29, 0.717) is 13.2 Å². The number of hydrogen-bond donors (Lipinski definition) is 1. The minimum Gasteiger partial charge on any atom is -0.454 e. The van der Waals surface area contributed by atoms with Gasteiger partial charge in [-0.2, -0.15) is 0 Å². The van der Waals surface area contributed by atoms with Crippen molar-refractivity contribution in [3.63, 3.8) is 0 Å². The largest absolute Gasteiger partial charge is 0.454 e. The highest BCUT2D eigenvalue weighted by Crippen LogP contribution is 2.32. The minimum absolute atomic E-state index is 0.132. The molecule has 0 saturated carbocycles. The van der Waals surface area contributed by atoms with Crippen molar-refractivity contribution in [2.24, 2.45) is 0 Å². The predicted octanol–water partition coefficient (Wildman–Crippen LogP) is 2.54. The van der Waals surface area contributed by atoms with Gasteiger partial charge in [-0.05, 0) is 29.1 Å². The van der Waals surface area contributed by atoms with E-state index in [-0.39, 0.29) is 13.4 Å². The maximum atomic E-state index is 8.73. The lowest BCUT2D eigenvalue weighted by Gasteiger charge is -2.05. The number of benzene rings is 1. The molecule has 3 rings (SSSR count). The van der Waals surface area contributed by atoms with E-state index in [4.69, 9.17) is 19.3 Å². The van der Waals surface area contributed by atoms with E-state index in [1.54, 1.807) is 11.3 Å². The van der Waals surface area contributed by atoms with Crippen molar-refractivity contribution in [2.75, 3.05) is 13.4 Å². The Bertz CT molecular complexity index is 681. The molecule has 0 saturated heterocycles. The van der Waals surface area contributed by atoms with Gasteiger partial charge in [-0.15, -0.1) is 11.3 Å². The Morgan fingerprint density at radius 2 is 2.10 bits per heavy atom. The van der Waals surface area contributed by atoms with Gasteiger partial charge in [-0.3, -0.25) is 0 Å². The number of aliphatic hydroxyl groups excluding tert-OH is 1. The Hall–Kier alpha value is -2.00. The molecule has 0 fully saturated rings. The Labute approximate surface area is 126 Å². The summed E-state index contributed by atoms with van der Waals surface area (Å²) in [7, 11) is 0. The highest BCUT2D eigenvalue weighted by Gasteiger charge is 2.13. The molecule has 1 aliphatic heterocycles. The first-order valence-corrected chi connectivity index (χ1v) is 7.37. The van der Waals surface area contributed by atoms with Crippen LogP contribution in [0.3, 0.4) is 0 Å². The van der Waals surface area contributed by atoms with Crippen LogP contribution in [0.4, 0.5) is 0 Å². The van der Waals surface area contributed by atoms with Gasteiger partial charge in [0.05, 0.1) is 13.2 Å². The van der Waals surface area contributed by atoms with E-state index in [0.717, 1.165) is 27.5 Å². The quantitative estimate of drug-likeness (QED) is 0.882. The van der Waals surface area contributed by atoms with Crippen LogP contribution >= 0.6 is 11.3 Å². The second-order valence-electron chi connectivity index (χ2n) is 4.40. The molecule has 0 spiro atoms. The Morgan fingerprint density at radius 1 is 1.19 bits per heavy atom. The van der Waals surface area contributed by atoms with Crippen LogP contribution in [0.25, 0.3) is 0 Å². The van der Waals surface area contributed by atoms with Gasteiger partial charge in [-0.25, -0.2) is 0 Å². The SMILES string of the molecule is OCC#Cc1ccsc1COCc1ccc2c(c1)OCO2. The fourth-order valence-corrected chi connectivity index (χ4v) is 2.76. The Kier molecular flexibility index (Phi) is 4.41. The van der Waals surface area contributed by atoms with Gasteiger partial charge in [0, 0.05) is 10.4 Å². The zero-order valence-corrected chi connectivity index (χ0v) is 12.1. The zero-order chi connectivity index (χ0) is 14.5. The molecule has 0 bridgehead atoms. The standard InChI is InChI=1S/C16H14O4S/c17-6-1-2-13-5-7-21-16(13)10-18-9-12-3-4-14-15(8-12)20-11-19-14/h3-5,7-8,17H,6,9-11H2. The van der Waals surface area contributed by atoms with E-state index in [2.05, 4.69) is 11.8 Å². The van der Waals surface area contributed by atoms with E-state index in [9.17, 15) is 0 Å². The summed E-state index contributed by atoms with van der Waals surface area (Å²) in [5, 5.41) is 10.7. The van der Waals surface area contributed by atoms with E-state index in [1.165, 1.54) is 0 Å². The summed E-state index contributed by atoms with van der Waals surface area (Å²) >= 11 is 1.60. The van der Waals surface area contributed by atoms with Gasteiger partial charge in [-0.1, -0.05) is 17.9 Å². The first-order valence-electron chi connectivity index (χ1n) is 6.49. The first-order chi connectivity index (χ1) is 10.4. The number of aliphatic hydroxyl groups is 1. The van der Waals surface area contributed by atoms with Crippen LogP contribution in [0.1, 0.15) is 16.0 Å². The van der Waals surface area contributed by atoms with Gasteiger partial charge in [0.2, 0.25) is 6.79 Å². The smallest absolute Gasteiger partial charge is 0.231 e. The van der Waals surface area contributed by atoms with Crippen LogP contribution in [0.2, 0.25) is 0 Å². The van der Waals surface area contributed by atoms with Gasteiger partial charge in [0.25, 0.3) is 0 Å². The summed E-state index contributed by atoms with van der Waals surface area (Å²) in [6, 6.07) is 7.73. The number of rotatable bonds is 4. The lowest BCUT2D eigenvalue weighted by Crippen LogP contribution is -1.94. The average molecular weight is 302 g/mol. The monoisotopic (exact) mass is 302 g/mol. The molecule has 1 aliphatic rings. The highest BCUT2D eigenvalue weighted by atomic mass is 32.1. The lowest BCUT2D eigenvalue weighted by atomic mass is 10.2. The van der Waals surface area contributed by atoms with Crippen molar-refractivity contribution in [3.05, 3.63) is 45.6 Å². The lowest BCUT2D eigenvalue weighted by molar-refractivity contribution is 0.109. The topological polar surface area (TPSA) is 47.9 Å². The molecule has 0 amide bonds. The first kappa shape index (κ1) is 14.0. The second kappa shape index (κ2) is 6.64. The fourth-order valence-electron chi connectivity index (χ4n) is 1.99. The molecule has 0 aliphatic carbocycles. The molecule has 0 atom stereocenters. The van der Waals surface area contributed by atoms with E-state index < -0.39 is 0 Å². The van der Waals surface area contributed by atoms with E-state index in [1.807, 2.05) is 29.6 Å². The predicted molar refractivity (Wildman–Crippen MR) is 79.3 cm³/mol. The molecule has 1 aromatic heterocycles. The molecule has 5 heteroatoms. The summed E-state index contributed by atoms with van der Waals surface area (Å²) < 4.78 is 16.3. The maximum Gasteiger partial charge on any atom is 0.231 e. The fraction of sp³-hybridized carbons (Fsp3) is 0.250. The Morgan fingerprint density at radius 3 is 3.00 bits per heavy atom. The van der Waals surface area contributed by atoms with Gasteiger partial charge in [0.15, 0.2) is 11.5 Å². The molecule has 2 aromatic rings. The summed E-state index contributed by atoms with van der Waals surface area (Å²) in [6.07, 6.45) is 0. The van der Waals surface area contributed by atoms with Gasteiger partial charge < -0.3 is 19.3 Å². The molecular weight excluding hydrogens is 288 g/mol. The van der Waals surface area contributed by atoms with Crippen LogP contribution in [0.5, 0.6) is 11.5 Å². The molecule has 21 heavy (non-hydrogen) atoms. The third-order valence-corrected chi connectivity index (χ3v) is 3.88. The van der Waals surface area contributed by atoms with Crippen LogP contribution < -0.4 is 9.47 Å². The third-order valence-electron chi connectivity index (χ3n) is 2.99. The molecule has 4 nitrogen and oxygen atoms in total. The number of ether oxygens (including phenoxy) is 3. The van der Waals surface area contributed by atoms with Crippen molar-refractivity contribution >= 4 is 11.3 Å². The van der Waals surface area contributed by atoms with Crippen molar-refractivity contribution in [1.29, 1.82) is 0 Å². The van der Waals surface area contributed by atoms with E-state index >= 15 is 0 Å². The van der Waals surface area contributed by atoms with Crippen LogP contribution in [0.15, 0.2) is 29.6 Å². The van der Waals surface area contributed by atoms with Crippen LogP contribution in [-0.2, 0) is 18.0 Å². The van der Waals surface area contributed by atoms with Crippen LogP contribution in [0, 0.1) is 11.8 Å². The molecule has 1 aromatic carbocycles. The summed E-state index contributed by atoms with van der Waals surface area (Å²) in [5.74, 6) is 7.12. The minimum atomic E-state index is -0.132. The van der Waals surface area contributed by atoms with Gasteiger partial charge in [0.1, 0.15) is 6.61 Å². The molecule has 108 valence electrons. The highest BCUT2D eigenvalue weighted by molar-refractivity contribution is 7.10. The summed E-state index contributed by atoms with van der Waals surface area (Å²) in [6.45, 7) is 1.15.